The maximum Gasteiger partial charge on any atom is 0.143 e. The maximum absolute atomic E-state index is 4.82. The Bertz CT molecular complexity index is 559. The molecule has 1 atom stereocenters. The van der Waals surface area contributed by atoms with Gasteiger partial charge in [-0.25, -0.2) is 9.97 Å². The van der Waals surface area contributed by atoms with Crippen LogP contribution < -0.4 is 5.32 Å². The van der Waals surface area contributed by atoms with E-state index in [4.69, 9.17) is 4.98 Å². The van der Waals surface area contributed by atoms with Gasteiger partial charge in [0.1, 0.15) is 10.7 Å². The smallest absolute Gasteiger partial charge is 0.143 e. The van der Waals surface area contributed by atoms with Crippen LogP contribution in [-0.4, -0.2) is 16.5 Å². The lowest BCUT2D eigenvalue weighted by atomic mass is 9.98. The summed E-state index contributed by atoms with van der Waals surface area (Å²) in [5.41, 5.74) is 2.35. The van der Waals surface area contributed by atoms with Crippen LogP contribution in [0.5, 0.6) is 0 Å². The number of nitrogens with zero attached hydrogens (tertiary/aromatic N) is 2. The molecule has 0 spiro atoms. The highest BCUT2D eigenvalue weighted by Gasteiger charge is 2.24. The number of thiazole rings is 2. The van der Waals surface area contributed by atoms with Crippen molar-refractivity contribution < 1.29 is 0 Å². The van der Waals surface area contributed by atoms with Crippen LogP contribution >= 0.6 is 22.7 Å². The average Bonchev–Trinajstić information content (AvgIpc) is 3.02. The lowest BCUT2D eigenvalue weighted by Gasteiger charge is -2.22. The molecule has 2 aromatic heterocycles. The molecule has 3 nitrogen and oxygen atoms in total. The molecule has 0 fully saturated rings. The number of aromatic nitrogens is 2. The van der Waals surface area contributed by atoms with Gasteiger partial charge in [0, 0.05) is 16.3 Å². The number of hydrogen-bond donors (Lipinski definition) is 1. The van der Waals surface area contributed by atoms with Crippen molar-refractivity contribution in [2.24, 2.45) is 0 Å². The normalized spacial score (nSPS) is 18.5. The first-order valence-electron chi connectivity index (χ1n) is 6.93. The third-order valence-corrected chi connectivity index (χ3v) is 5.44. The highest BCUT2D eigenvalue weighted by atomic mass is 32.1. The predicted octanol–water partition coefficient (Wildman–Crippen LogP) is 3.95. The van der Waals surface area contributed by atoms with Gasteiger partial charge in [-0.1, -0.05) is 6.92 Å². The third kappa shape index (κ3) is 2.73. The zero-order valence-corrected chi connectivity index (χ0v) is 13.0. The molecule has 1 aliphatic carbocycles. The van der Waals surface area contributed by atoms with Crippen molar-refractivity contribution in [2.45, 2.75) is 45.6 Å². The zero-order chi connectivity index (χ0) is 13.2. The molecule has 0 amide bonds. The van der Waals surface area contributed by atoms with Crippen molar-refractivity contribution in [3.8, 4) is 10.7 Å². The SMILES string of the molecule is CCCNC1CCCc2nc(-c3csc(C)n3)sc21. The van der Waals surface area contributed by atoms with E-state index >= 15 is 0 Å². The lowest BCUT2D eigenvalue weighted by Crippen LogP contribution is -2.24. The van der Waals surface area contributed by atoms with Gasteiger partial charge in [0.05, 0.1) is 10.7 Å². The van der Waals surface area contributed by atoms with Crippen molar-refractivity contribution >= 4 is 22.7 Å². The van der Waals surface area contributed by atoms with Crippen molar-refractivity contribution in [3.05, 3.63) is 21.0 Å². The van der Waals surface area contributed by atoms with Gasteiger partial charge in [-0.3, -0.25) is 0 Å². The predicted molar refractivity (Wildman–Crippen MR) is 81.9 cm³/mol. The Hall–Kier alpha value is -0.780. The second-order valence-electron chi connectivity index (χ2n) is 4.98. The van der Waals surface area contributed by atoms with Gasteiger partial charge < -0.3 is 5.32 Å². The molecular formula is C14H19N3S2. The lowest BCUT2D eigenvalue weighted by molar-refractivity contribution is 0.465. The van der Waals surface area contributed by atoms with E-state index in [0.717, 1.165) is 28.7 Å². The zero-order valence-electron chi connectivity index (χ0n) is 11.4. The molecule has 0 aliphatic heterocycles. The highest BCUT2D eigenvalue weighted by Crippen LogP contribution is 2.38. The molecule has 102 valence electrons. The van der Waals surface area contributed by atoms with Gasteiger partial charge in [-0.2, -0.15) is 0 Å². The van der Waals surface area contributed by atoms with Crippen molar-refractivity contribution in [1.82, 2.24) is 15.3 Å². The van der Waals surface area contributed by atoms with Gasteiger partial charge in [0.15, 0.2) is 0 Å². The van der Waals surface area contributed by atoms with Crippen LogP contribution in [0.15, 0.2) is 5.38 Å². The fourth-order valence-corrected chi connectivity index (χ4v) is 4.36. The first-order chi connectivity index (χ1) is 9.28. The molecule has 0 saturated carbocycles. The average molecular weight is 293 g/mol. The third-order valence-electron chi connectivity index (χ3n) is 3.43. The monoisotopic (exact) mass is 293 g/mol. The second kappa shape index (κ2) is 5.69. The molecule has 2 heterocycles. The highest BCUT2D eigenvalue weighted by molar-refractivity contribution is 7.16. The molecule has 0 bridgehead atoms. The van der Waals surface area contributed by atoms with E-state index in [1.165, 1.54) is 29.8 Å². The fourth-order valence-electron chi connectivity index (χ4n) is 2.50. The summed E-state index contributed by atoms with van der Waals surface area (Å²) in [6.45, 7) is 5.35. The molecule has 3 rings (SSSR count). The van der Waals surface area contributed by atoms with Crippen LogP contribution in [0.25, 0.3) is 10.7 Å². The molecule has 0 radical (unpaired) electrons. The van der Waals surface area contributed by atoms with Crippen LogP contribution in [0.2, 0.25) is 0 Å². The van der Waals surface area contributed by atoms with Gasteiger partial charge in [-0.05, 0) is 39.2 Å². The van der Waals surface area contributed by atoms with Crippen molar-refractivity contribution in [2.75, 3.05) is 6.54 Å². The van der Waals surface area contributed by atoms with E-state index in [1.807, 2.05) is 18.3 Å². The van der Waals surface area contributed by atoms with E-state index < -0.39 is 0 Å². The van der Waals surface area contributed by atoms with Gasteiger partial charge in [-0.15, -0.1) is 22.7 Å². The Labute approximate surface area is 122 Å². The van der Waals surface area contributed by atoms with Crippen LogP contribution in [0, 0.1) is 6.92 Å². The maximum atomic E-state index is 4.82. The van der Waals surface area contributed by atoms with Crippen LogP contribution in [-0.2, 0) is 6.42 Å². The number of nitrogens with one attached hydrogen (secondary N) is 1. The van der Waals surface area contributed by atoms with E-state index in [-0.39, 0.29) is 0 Å². The van der Waals surface area contributed by atoms with Gasteiger partial charge in [0.25, 0.3) is 0 Å². The minimum absolute atomic E-state index is 0.509. The summed E-state index contributed by atoms with van der Waals surface area (Å²) >= 11 is 3.53. The van der Waals surface area contributed by atoms with E-state index in [1.54, 1.807) is 11.3 Å². The standard InChI is InChI=1S/C14H19N3S2/c1-3-7-15-10-5-4-6-11-13(10)19-14(17-11)12-8-18-9(2)16-12/h8,10,15H,3-7H2,1-2H3. The van der Waals surface area contributed by atoms with Gasteiger partial charge in [0.2, 0.25) is 0 Å². The Balaban J connectivity index is 1.88. The minimum atomic E-state index is 0.509. The van der Waals surface area contributed by atoms with Crippen molar-refractivity contribution in [3.63, 3.8) is 0 Å². The largest absolute Gasteiger partial charge is 0.309 e. The van der Waals surface area contributed by atoms with E-state index in [2.05, 4.69) is 22.6 Å². The topological polar surface area (TPSA) is 37.8 Å². The summed E-state index contributed by atoms with van der Waals surface area (Å²) in [6, 6.07) is 0.509. The first kappa shape index (κ1) is 13.2. The molecule has 5 heteroatoms. The first-order valence-corrected chi connectivity index (χ1v) is 8.63. The summed E-state index contributed by atoms with van der Waals surface area (Å²) in [5.74, 6) is 0. The molecule has 1 aliphatic rings. The molecule has 2 aromatic rings. The minimum Gasteiger partial charge on any atom is -0.309 e. The molecule has 1 unspecified atom stereocenters. The quantitative estimate of drug-likeness (QED) is 0.927. The number of aryl methyl sites for hydroxylation is 2. The molecule has 0 saturated heterocycles. The number of rotatable bonds is 4. The fraction of sp³-hybridized carbons (Fsp3) is 0.571. The van der Waals surface area contributed by atoms with Crippen LogP contribution in [0.4, 0.5) is 0 Å². The number of hydrogen-bond acceptors (Lipinski definition) is 5. The molecule has 19 heavy (non-hydrogen) atoms. The van der Waals surface area contributed by atoms with Crippen LogP contribution in [0.3, 0.4) is 0 Å². The Morgan fingerprint density at radius 1 is 1.42 bits per heavy atom. The van der Waals surface area contributed by atoms with Gasteiger partial charge >= 0.3 is 0 Å². The molecular weight excluding hydrogens is 274 g/mol. The summed E-state index contributed by atoms with van der Waals surface area (Å²) in [5, 5.41) is 7.98. The Kier molecular flexibility index (Phi) is 3.96. The Morgan fingerprint density at radius 2 is 2.32 bits per heavy atom. The van der Waals surface area contributed by atoms with Crippen LogP contribution in [0.1, 0.15) is 47.8 Å². The van der Waals surface area contributed by atoms with E-state index in [0.29, 0.717) is 6.04 Å². The molecule has 1 N–H and O–H groups in total. The summed E-state index contributed by atoms with van der Waals surface area (Å²) in [7, 11) is 0. The van der Waals surface area contributed by atoms with E-state index in [9.17, 15) is 0 Å². The number of fused-ring (bicyclic) bond motifs is 1. The summed E-state index contributed by atoms with van der Waals surface area (Å²) < 4.78 is 0. The Morgan fingerprint density at radius 3 is 3.05 bits per heavy atom. The summed E-state index contributed by atoms with van der Waals surface area (Å²) in [4.78, 5) is 10.8. The molecule has 0 aromatic carbocycles. The summed E-state index contributed by atoms with van der Waals surface area (Å²) in [6.07, 6.45) is 4.79. The van der Waals surface area contributed by atoms with Crippen molar-refractivity contribution in [1.29, 1.82) is 0 Å². The second-order valence-corrected chi connectivity index (χ2v) is 7.07.